The predicted octanol–water partition coefficient (Wildman–Crippen LogP) is 3.72. The van der Waals surface area contributed by atoms with Gasteiger partial charge in [-0.1, -0.05) is 24.6 Å². The molecule has 1 aromatic carbocycles. The minimum Gasteiger partial charge on any atom is -0.333 e. The molecule has 0 aliphatic heterocycles. The van der Waals surface area contributed by atoms with Gasteiger partial charge in [-0.05, 0) is 50.9 Å². The molecule has 2 aromatic rings. The van der Waals surface area contributed by atoms with Crippen LogP contribution in [0.1, 0.15) is 47.5 Å². The van der Waals surface area contributed by atoms with Crippen molar-refractivity contribution in [3.63, 3.8) is 0 Å². The minimum atomic E-state index is 0.315. The molecule has 3 heteroatoms. The van der Waals surface area contributed by atoms with Crippen LogP contribution in [0.2, 0.25) is 0 Å². The van der Waals surface area contributed by atoms with Crippen molar-refractivity contribution in [1.82, 2.24) is 14.9 Å². The van der Waals surface area contributed by atoms with Crippen molar-refractivity contribution in [2.45, 2.75) is 53.1 Å². The van der Waals surface area contributed by atoms with Crippen molar-refractivity contribution in [2.24, 2.45) is 0 Å². The van der Waals surface area contributed by atoms with Gasteiger partial charge in [-0.2, -0.15) is 0 Å². The Labute approximate surface area is 128 Å². The van der Waals surface area contributed by atoms with Gasteiger partial charge in [0, 0.05) is 25.4 Å². The Morgan fingerprint density at radius 3 is 2.43 bits per heavy atom. The average Bonchev–Trinajstić information content (AvgIpc) is 2.84. The third-order valence-corrected chi connectivity index (χ3v) is 4.09. The highest BCUT2D eigenvalue weighted by molar-refractivity contribution is 5.39. The zero-order valence-electron chi connectivity index (χ0n) is 13.9. The number of imidazole rings is 1. The number of aryl methyl sites for hydroxylation is 4. The van der Waals surface area contributed by atoms with E-state index in [0.29, 0.717) is 6.04 Å². The topological polar surface area (TPSA) is 29.9 Å². The Morgan fingerprint density at radius 2 is 1.86 bits per heavy atom. The van der Waals surface area contributed by atoms with Gasteiger partial charge in [0.15, 0.2) is 0 Å². The van der Waals surface area contributed by atoms with Gasteiger partial charge in [-0.3, -0.25) is 0 Å². The lowest BCUT2D eigenvalue weighted by Crippen LogP contribution is -2.24. The van der Waals surface area contributed by atoms with E-state index >= 15 is 0 Å². The predicted molar refractivity (Wildman–Crippen MR) is 88.7 cm³/mol. The highest BCUT2D eigenvalue weighted by Crippen LogP contribution is 2.25. The summed E-state index contributed by atoms with van der Waals surface area (Å²) in [5.74, 6) is 1.18. The number of hydrogen-bond acceptors (Lipinski definition) is 2. The largest absolute Gasteiger partial charge is 0.333 e. The molecule has 2 rings (SSSR count). The van der Waals surface area contributed by atoms with E-state index in [1.165, 1.54) is 28.1 Å². The Kier molecular flexibility index (Phi) is 5.18. The molecule has 1 heterocycles. The van der Waals surface area contributed by atoms with Crippen LogP contribution < -0.4 is 5.32 Å². The molecule has 0 saturated carbocycles. The fourth-order valence-electron chi connectivity index (χ4n) is 3.22. The quantitative estimate of drug-likeness (QED) is 0.876. The van der Waals surface area contributed by atoms with Crippen LogP contribution in [-0.4, -0.2) is 16.6 Å². The molecule has 0 aliphatic carbocycles. The standard InChI is InChI=1S/C18H27N3/c1-6-7-17-20-8-9-21(17)12-16(19-5)18-14(3)10-13(2)11-15(18)4/h8-11,16,19H,6-7,12H2,1-5H3. The van der Waals surface area contributed by atoms with Gasteiger partial charge in [-0.25, -0.2) is 4.98 Å². The van der Waals surface area contributed by atoms with E-state index < -0.39 is 0 Å². The molecule has 0 fully saturated rings. The van der Waals surface area contributed by atoms with Gasteiger partial charge in [0.2, 0.25) is 0 Å². The van der Waals surface area contributed by atoms with E-state index in [1.54, 1.807) is 0 Å². The lowest BCUT2D eigenvalue weighted by atomic mass is 9.94. The molecule has 0 aliphatic rings. The third-order valence-electron chi connectivity index (χ3n) is 4.09. The number of rotatable bonds is 6. The lowest BCUT2D eigenvalue weighted by molar-refractivity contribution is 0.483. The van der Waals surface area contributed by atoms with Gasteiger partial charge >= 0.3 is 0 Å². The number of aromatic nitrogens is 2. The van der Waals surface area contributed by atoms with Gasteiger partial charge in [0.05, 0.1) is 6.04 Å². The van der Waals surface area contributed by atoms with Crippen molar-refractivity contribution >= 4 is 0 Å². The number of hydrogen-bond donors (Lipinski definition) is 1. The van der Waals surface area contributed by atoms with Crippen LogP contribution in [0.3, 0.4) is 0 Å². The Hall–Kier alpha value is -1.61. The van der Waals surface area contributed by atoms with Crippen molar-refractivity contribution in [3.05, 3.63) is 52.6 Å². The maximum atomic E-state index is 4.48. The molecule has 0 amide bonds. The molecule has 1 aromatic heterocycles. The monoisotopic (exact) mass is 285 g/mol. The zero-order chi connectivity index (χ0) is 15.4. The van der Waals surface area contributed by atoms with Crippen molar-refractivity contribution in [3.8, 4) is 0 Å². The summed E-state index contributed by atoms with van der Waals surface area (Å²) in [7, 11) is 2.04. The second-order valence-electron chi connectivity index (χ2n) is 5.90. The summed E-state index contributed by atoms with van der Waals surface area (Å²) in [5.41, 5.74) is 5.48. The summed E-state index contributed by atoms with van der Waals surface area (Å²) in [5, 5.41) is 3.48. The summed E-state index contributed by atoms with van der Waals surface area (Å²) in [6, 6.07) is 4.86. The van der Waals surface area contributed by atoms with E-state index in [-0.39, 0.29) is 0 Å². The van der Waals surface area contributed by atoms with E-state index in [2.05, 4.69) is 60.9 Å². The number of likely N-dealkylation sites (N-methyl/N-ethyl adjacent to an activating group) is 1. The Morgan fingerprint density at radius 1 is 1.19 bits per heavy atom. The number of nitrogens with zero attached hydrogens (tertiary/aromatic N) is 2. The van der Waals surface area contributed by atoms with Crippen molar-refractivity contribution in [1.29, 1.82) is 0 Å². The van der Waals surface area contributed by atoms with Crippen molar-refractivity contribution in [2.75, 3.05) is 7.05 Å². The van der Waals surface area contributed by atoms with E-state index in [0.717, 1.165) is 19.4 Å². The second kappa shape index (κ2) is 6.90. The molecule has 114 valence electrons. The second-order valence-corrected chi connectivity index (χ2v) is 5.90. The molecule has 0 spiro atoms. The first-order chi connectivity index (χ1) is 10.1. The van der Waals surface area contributed by atoms with Gasteiger partial charge < -0.3 is 9.88 Å². The first kappa shape index (κ1) is 15.8. The van der Waals surface area contributed by atoms with E-state index in [1.807, 2.05) is 13.2 Å². The number of benzene rings is 1. The Bertz CT molecular complexity index is 575. The van der Waals surface area contributed by atoms with Crippen LogP contribution in [-0.2, 0) is 13.0 Å². The maximum Gasteiger partial charge on any atom is 0.108 e. The number of nitrogens with one attached hydrogen (secondary N) is 1. The molecule has 3 nitrogen and oxygen atoms in total. The Balaban J connectivity index is 2.30. The summed E-state index contributed by atoms with van der Waals surface area (Å²) < 4.78 is 2.28. The smallest absolute Gasteiger partial charge is 0.108 e. The first-order valence-corrected chi connectivity index (χ1v) is 7.81. The van der Waals surface area contributed by atoms with Crippen LogP contribution >= 0.6 is 0 Å². The summed E-state index contributed by atoms with van der Waals surface area (Å²) in [6.07, 6.45) is 6.17. The van der Waals surface area contributed by atoms with E-state index in [4.69, 9.17) is 0 Å². The fourth-order valence-corrected chi connectivity index (χ4v) is 3.22. The first-order valence-electron chi connectivity index (χ1n) is 7.81. The maximum absolute atomic E-state index is 4.48. The molecule has 1 atom stereocenters. The lowest BCUT2D eigenvalue weighted by Gasteiger charge is -2.23. The summed E-state index contributed by atoms with van der Waals surface area (Å²) in [6.45, 7) is 9.70. The van der Waals surface area contributed by atoms with Gasteiger partial charge in [-0.15, -0.1) is 0 Å². The fraction of sp³-hybridized carbons (Fsp3) is 0.500. The minimum absolute atomic E-state index is 0.315. The van der Waals surface area contributed by atoms with Gasteiger partial charge in [0.25, 0.3) is 0 Å². The molecule has 21 heavy (non-hydrogen) atoms. The van der Waals surface area contributed by atoms with Crippen LogP contribution in [0.4, 0.5) is 0 Å². The molecule has 0 bridgehead atoms. The molecule has 1 N–H and O–H groups in total. The summed E-state index contributed by atoms with van der Waals surface area (Å²) in [4.78, 5) is 4.48. The van der Waals surface area contributed by atoms with Crippen molar-refractivity contribution < 1.29 is 0 Å². The van der Waals surface area contributed by atoms with Crippen LogP contribution in [0.5, 0.6) is 0 Å². The third kappa shape index (κ3) is 3.53. The SMILES string of the molecule is CCCc1nccn1CC(NC)c1c(C)cc(C)cc1C. The van der Waals surface area contributed by atoms with Gasteiger partial charge in [0.1, 0.15) is 5.82 Å². The normalized spacial score (nSPS) is 12.6. The zero-order valence-corrected chi connectivity index (χ0v) is 13.9. The van der Waals surface area contributed by atoms with Crippen LogP contribution in [0.25, 0.3) is 0 Å². The molecule has 0 saturated heterocycles. The molecule has 1 unspecified atom stereocenters. The van der Waals surface area contributed by atoms with E-state index in [9.17, 15) is 0 Å². The van der Waals surface area contributed by atoms with Crippen LogP contribution in [0, 0.1) is 20.8 Å². The average molecular weight is 285 g/mol. The highest BCUT2D eigenvalue weighted by atomic mass is 15.1. The van der Waals surface area contributed by atoms with Crippen LogP contribution in [0.15, 0.2) is 24.5 Å². The molecular weight excluding hydrogens is 258 g/mol. The highest BCUT2D eigenvalue weighted by Gasteiger charge is 2.16. The molecule has 0 radical (unpaired) electrons. The molecular formula is C18H27N3. The summed E-state index contributed by atoms with van der Waals surface area (Å²) >= 11 is 0.